The fourth-order valence-corrected chi connectivity index (χ4v) is 4.66. The SMILES string of the molecule is O=C(COc1ccccc1)N1CCN(C2CCCC2)C[C@@H](Cc2ccccn2)C1. The molecular formula is C24H31N3O2. The van der Waals surface area contributed by atoms with Gasteiger partial charge in [0.25, 0.3) is 5.91 Å². The molecule has 2 aromatic rings. The predicted octanol–water partition coefficient (Wildman–Crippen LogP) is 3.41. The van der Waals surface area contributed by atoms with Crippen molar-refractivity contribution in [3.05, 3.63) is 60.4 Å². The quantitative estimate of drug-likeness (QED) is 0.755. The average molecular weight is 394 g/mol. The molecule has 0 unspecified atom stereocenters. The van der Waals surface area contributed by atoms with Crippen LogP contribution in [0.4, 0.5) is 0 Å². The molecule has 5 nitrogen and oxygen atoms in total. The summed E-state index contributed by atoms with van der Waals surface area (Å²) in [5.74, 6) is 1.22. The number of rotatable bonds is 6. The van der Waals surface area contributed by atoms with Crippen molar-refractivity contribution < 1.29 is 9.53 Å². The number of benzene rings is 1. The van der Waals surface area contributed by atoms with Crippen molar-refractivity contribution in [2.75, 3.05) is 32.8 Å². The molecule has 5 heteroatoms. The standard InChI is InChI=1S/C24H31N3O2/c28-24(19-29-23-11-2-1-3-12-23)27-15-14-26(22-9-4-5-10-22)17-20(18-27)16-21-8-6-7-13-25-21/h1-3,6-8,11-13,20,22H,4-5,9-10,14-19H2/t20-/m1/s1. The van der Waals surface area contributed by atoms with Gasteiger partial charge in [0.1, 0.15) is 5.75 Å². The Labute approximate surface area is 173 Å². The molecule has 2 heterocycles. The third-order valence-electron chi connectivity index (χ3n) is 6.15. The first-order valence-electron chi connectivity index (χ1n) is 10.9. The zero-order valence-corrected chi connectivity index (χ0v) is 17.1. The molecule has 29 heavy (non-hydrogen) atoms. The van der Waals surface area contributed by atoms with Gasteiger partial charge < -0.3 is 9.64 Å². The van der Waals surface area contributed by atoms with Gasteiger partial charge in [0, 0.05) is 44.1 Å². The van der Waals surface area contributed by atoms with Crippen molar-refractivity contribution in [1.82, 2.24) is 14.8 Å². The van der Waals surface area contributed by atoms with Crippen LogP contribution in [0.2, 0.25) is 0 Å². The Balaban J connectivity index is 1.41. The summed E-state index contributed by atoms with van der Waals surface area (Å²) in [7, 11) is 0. The van der Waals surface area contributed by atoms with Gasteiger partial charge in [0.2, 0.25) is 0 Å². The number of carbonyl (C=O) groups is 1. The first kappa shape index (κ1) is 19.9. The van der Waals surface area contributed by atoms with Gasteiger partial charge in [-0.15, -0.1) is 0 Å². The van der Waals surface area contributed by atoms with E-state index in [1.54, 1.807) is 0 Å². The van der Waals surface area contributed by atoms with Crippen LogP contribution in [-0.2, 0) is 11.2 Å². The number of hydrogen-bond acceptors (Lipinski definition) is 4. The Morgan fingerprint density at radius 1 is 1.00 bits per heavy atom. The normalized spacial score (nSPS) is 21.1. The van der Waals surface area contributed by atoms with E-state index in [1.165, 1.54) is 25.7 Å². The second-order valence-corrected chi connectivity index (χ2v) is 8.27. The van der Waals surface area contributed by atoms with E-state index in [-0.39, 0.29) is 12.5 Å². The number of nitrogens with zero attached hydrogens (tertiary/aromatic N) is 3. The molecule has 1 atom stereocenters. The number of carbonyl (C=O) groups excluding carboxylic acids is 1. The number of hydrogen-bond donors (Lipinski definition) is 0. The minimum Gasteiger partial charge on any atom is -0.484 e. The van der Waals surface area contributed by atoms with Crippen LogP contribution in [0.25, 0.3) is 0 Å². The summed E-state index contributed by atoms with van der Waals surface area (Å²) in [5.41, 5.74) is 1.11. The summed E-state index contributed by atoms with van der Waals surface area (Å²) < 4.78 is 5.72. The largest absolute Gasteiger partial charge is 0.484 e. The van der Waals surface area contributed by atoms with E-state index in [0.29, 0.717) is 12.0 Å². The Morgan fingerprint density at radius 2 is 1.79 bits per heavy atom. The Kier molecular flexibility index (Phi) is 6.78. The third kappa shape index (κ3) is 5.57. The van der Waals surface area contributed by atoms with Crippen LogP contribution in [0, 0.1) is 5.92 Å². The number of para-hydroxylation sites is 1. The highest BCUT2D eigenvalue weighted by atomic mass is 16.5. The Morgan fingerprint density at radius 3 is 2.55 bits per heavy atom. The molecule has 0 spiro atoms. The lowest BCUT2D eigenvalue weighted by molar-refractivity contribution is -0.133. The molecule has 1 amide bonds. The third-order valence-corrected chi connectivity index (χ3v) is 6.15. The Bertz CT molecular complexity index is 762. The van der Waals surface area contributed by atoms with Crippen LogP contribution in [0.5, 0.6) is 5.75 Å². The summed E-state index contributed by atoms with van der Waals surface area (Å²) in [6, 6.07) is 16.4. The van der Waals surface area contributed by atoms with Crippen molar-refractivity contribution in [1.29, 1.82) is 0 Å². The molecule has 1 aliphatic heterocycles. The summed E-state index contributed by atoms with van der Waals surface area (Å²) in [6.45, 7) is 3.66. The first-order valence-corrected chi connectivity index (χ1v) is 10.9. The maximum Gasteiger partial charge on any atom is 0.260 e. The molecule has 154 valence electrons. The molecule has 0 bridgehead atoms. The zero-order chi connectivity index (χ0) is 19.9. The summed E-state index contributed by atoms with van der Waals surface area (Å²) >= 11 is 0. The second-order valence-electron chi connectivity index (χ2n) is 8.27. The van der Waals surface area contributed by atoms with Crippen molar-refractivity contribution in [2.24, 2.45) is 5.92 Å². The molecule has 1 aromatic heterocycles. The van der Waals surface area contributed by atoms with Gasteiger partial charge in [-0.25, -0.2) is 0 Å². The fraction of sp³-hybridized carbons (Fsp3) is 0.500. The molecule has 0 radical (unpaired) electrons. The van der Waals surface area contributed by atoms with Crippen LogP contribution in [0.15, 0.2) is 54.7 Å². The van der Waals surface area contributed by atoms with Gasteiger partial charge in [-0.05, 0) is 49.4 Å². The second kappa shape index (κ2) is 9.88. The molecule has 1 aliphatic carbocycles. The number of pyridine rings is 1. The fourth-order valence-electron chi connectivity index (χ4n) is 4.66. The van der Waals surface area contributed by atoms with Gasteiger partial charge in [0.05, 0.1) is 0 Å². The topological polar surface area (TPSA) is 45.7 Å². The lowest BCUT2D eigenvalue weighted by Crippen LogP contribution is -2.40. The van der Waals surface area contributed by atoms with Gasteiger partial charge >= 0.3 is 0 Å². The molecule has 1 saturated carbocycles. The Hall–Kier alpha value is -2.40. The number of amides is 1. The van der Waals surface area contributed by atoms with Crippen molar-refractivity contribution in [3.8, 4) is 5.75 Å². The maximum atomic E-state index is 12.9. The molecule has 4 rings (SSSR count). The van der Waals surface area contributed by atoms with Gasteiger partial charge in [-0.3, -0.25) is 14.7 Å². The van der Waals surface area contributed by atoms with E-state index >= 15 is 0 Å². The highest BCUT2D eigenvalue weighted by molar-refractivity contribution is 5.77. The first-order chi connectivity index (χ1) is 14.3. The van der Waals surface area contributed by atoms with E-state index in [0.717, 1.165) is 44.0 Å². The summed E-state index contributed by atoms with van der Waals surface area (Å²) in [4.78, 5) is 22.1. The molecule has 1 aromatic carbocycles. The predicted molar refractivity (Wildman–Crippen MR) is 114 cm³/mol. The monoisotopic (exact) mass is 393 g/mol. The minimum atomic E-state index is 0.0770. The van der Waals surface area contributed by atoms with Crippen LogP contribution in [0.3, 0.4) is 0 Å². The highest BCUT2D eigenvalue weighted by Gasteiger charge is 2.31. The van der Waals surface area contributed by atoms with E-state index in [4.69, 9.17) is 4.74 Å². The van der Waals surface area contributed by atoms with Gasteiger partial charge in [0.15, 0.2) is 6.61 Å². The highest BCUT2D eigenvalue weighted by Crippen LogP contribution is 2.26. The van der Waals surface area contributed by atoms with E-state index in [1.807, 2.05) is 53.6 Å². The van der Waals surface area contributed by atoms with Crippen molar-refractivity contribution >= 4 is 5.91 Å². The summed E-state index contributed by atoms with van der Waals surface area (Å²) in [5, 5.41) is 0. The zero-order valence-electron chi connectivity index (χ0n) is 17.1. The maximum absolute atomic E-state index is 12.9. The van der Waals surface area contributed by atoms with E-state index < -0.39 is 0 Å². The van der Waals surface area contributed by atoms with Crippen molar-refractivity contribution in [3.63, 3.8) is 0 Å². The molecule has 2 fully saturated rings. The van der Waals surface area contributed by atoms with Crippen LogP contribution in [0.1, 0.15) is 31.4 Å². The summed E-state index contributed by atoms with van der Waals surface area (Å²) in [6.07, 6.45) is 8.02. The number of aromatic nitrogens is 1. The molecule has 2 aliphatic rings. The van der Waals surface area contributed by atoms with Gasteiger partial charge in [-0.2, -0.15) is 0 Å². The molecule has 1 saturated heterocycles. The van der Waals surface area contributed by atoms with Crippen molar-refractivity contribution in [2.45, 2.75) is 38.1 Å². The smallest absolute Gasteiger partial charge is 0.260 e. The van der Waals surface area contributed by atoms with Crippen LogP contribution < -0.4 is 4.74 Å². The molecule has 0 N–H and O–H groups in total. The minimum absolute atomic E-state index is 0.0770. The lowest BCUT2D eigenvalue weighted by atomic mass is 10.0. The molecular weight excluding hydrogens is 362 g/mol. The van der Waals surface area contributed by atoms with E-state index in [2.05, 4.69) is 16.0 Å². The van der Waals surface area contributed by atoms with E-state index in [9.17, 15) is 4.79 Å². The van der Waals surface area contributed by atoms with Crippen LogP contribution >= 0.6 is 0 Å². The lowest BCUT2D eigenvalue weighted by Gasteiger charge is -2.29. The van der Waals surface area contributed by atoms with Crippen LogP contribution in [-0.4, -0.2) is 59.5 Å². The average Bonchev–Trinajstić information content (AvgIpc) is 3.22. The number of ether oxygens (including phenoxy) is 1. The van der Waals surface area contributed by atoms with Gasteiger partial charge in [-0.1, -0.05) is 37.1 Å².